The number of carbonyl (C=O) groups is 1. The van der Waals surface area contributed by atoms with Crippen molar-refractivity contribution in [3.63, 3.8) is 0 Å². The number of ketones is 1. The van der Waals surface area contributed by atoms with Gasteiger partial charge in [-0.05, 0) is 25.5 Å². The Balaban J connectivity index is 2.45. The van der Waals surface area contributed by atoms with E-state index in [9.17, 15) is 4.79 Å². The van der Waals surface area contributed by atoms with Gasteiger partial charge >= 0.3 is 0 Å². The van der Waals surface area contributed by atoms with E-state index in [2.05, 4.69) is 0 Å². The minimum atomic E-state index is -0.853. The highest BCUT2D eigenvalue weighted by molar-refractivity contribution is 6.03. The number of hydrogen-bond donors (Lipinski definition) is 1. The van der Waals surface area contributed by atoms with E-state index < -0.39 is 5.54 Å². The molecule has 1 heterocycles. The van der Waals surface area contributed by atoms with Crippen molar-refractivity contribution < 1.29 is 9.21 Å². The number of hydrogen-bond acceptors (Lipinski definition) is 3. The molecule has 0 radical (unpaired) electrons. The molecule has 1 unspecified atom stereocenters. The van der Waals surface area contributed by atoms with E-state index in [1.54, 1.807) is 13.0 Å². The van der Waals surface area contributed by atoms with E-state index in [-0.39, 0.29) is 5.78 Å². The van der Waals surface area contributed by atoms with E-state index in [0.29, 0.717) is 12.2 Å². The predicted molar refractivity (Wildman–Crippen MR) is 63.4 cm³/mol. The Hall–Kier alpha value is -1.61. The molecule has 1 aromatic heterocycles. The second-order valence-corrected chi connectivity index (χ2v) is 4.25. The Morgan fingerprint density at radius 1 is 1.44 bits per heavy atom. The van der Waals surface area contributed by atoms with Crippen LogP contribution in [0.4, 0.5) is 0 Å². The molecule has 1 atom stereocenters. The zero-order valence-electron chi connectivity index (χ0n) is 9.49. The van der Waals surface area contributed by atoms with Gasteiger partial charge in [0, 0.05) is 5.39 Å². The number of Topliss-reactive ketones (excluding diaryl/α,β-unsaturated/α-hetero) is 1. The van der Waals surface area contributed by atoms with Crippen molar-refractivity contribution in [1.29, 1.82) is 0 Å². The molecule has 0 aliphatic carbocycles. The summed E-state index contributed by atoms with van der Waals surface area (Å²) in [4.78, 5) is 12.0. The second kappa shape index (κ2) is 3.76. The second-order valence-electron chi connectivity index (χ2n) is 4.25. The first-order chi connectivity index (χ1) is 7.54. The number of benzene rings is 1. The van der Waals surface area contributed by atoms with Crippen LogP contribution in [0.5, 0.6) is 0 Å². The lowest BCUT2D eigenvalue weighted by molar-refractivity contribution is 0.0871. The Kier molecular flexibility index (Phi) is 2.56. The first-order valence-corrected chi connectivity index (χ1v) is 5.37. The highest BCUT2D eigenvalue weighted by Crippen LogP contribution is 2.22. The van der Waals surface area contributed by atoms with E-state index >= 15 is 0 Å². The van der Waals surface area contributed by atoms with Crippen molar-refractivity contribution in [2.75, 3.05) is 0 Å². The number of fused-ring (bicyclic) bond motifs is 1. The smallest absolute Gasteiger partial charge is 0.217 e. The third-order valence-electron chi connectivity index (χ3n) is 2.90. The number of nitrogens with two attached hydrogens (primary N) is 1. The van der Waals surface area contributed by atoms with Crippen LogP contribution < -0.4 is 5.73 Å². The topological polar surface area (TPSA) is 56.2 Å². The molecule has 0 amide bonds. The first-order valence-electron chi connectivity index (χ1n) is 5.37. The van der Waals surface area contributed by atoms with Gasteiger partial charge in [-0.3, -0.25) is 4.79 Å². The average Bonchev–Trinajstić information content (AvgIpc) is 2.71. The van der Waals surface area contributed by atoms with Gasteiger partial charge in [0.05, 0.1) is 5.54 Å². The van der Waals surface area contributed by atoms with Crippen molar-refractivity contribution >= 4 is 16.8 Å². The maximum atomic E-state index is 12.0. The molecule has 3 nitrogen and oxygen atoms in total. The highest BCUT2D eigenvalue weighted by Gasteiger charge is 2.29. The van der Waals surface area contributed by atoms with Crippen molar-refractivity contribution in [3.05, 3.63) is 36.1 Å². The minimum absolute atomic E-state index is 0.147. The molecule has 0 aliphatic heterocycles. The molecular weight excluding hydrogens is 202 g/mol. The number of carbonyl (C=O) groups excluding carboxylic acids is 1. The third kappa shape index (κ3) is 1.74. The van der Waals surface area contributed by atoms with E-state index in [1.807, 2.05) is 31.2 Å². The van der Waals surface area contributed by atoms with Crippen LogP contribution in [0.2, 0.25) is 0 Å². The van der Waals surface area contributed by atoms with Crippen LogP contribution in [-0.4, -0.2) is 11.3 Å². The normalized spacial score (nSPS) is 14.9. The summed E-state index contributed by atoms with van der Waals surface area (Å²) in [6.45, 7) is 3.61. The van der Waals surface area contributed by atoms with Crippen LogP contribution in [0.15, 0.2) is 34.7 Å². The van der Waals surface area contributed by atoms with Gasteiger partial charge < -0.3 is 10.2 Å². The number of furan rings is 1. The largest absolute Gasteiger partial charge is 0.453 e. The summed E-state index contributed by atoms with van der Waals surface area (Å²) in [5.41, 5.74) is 5.77. The van der Waals surface area contributed by atoms with Gasteiger partial charge in [0.2, 0.25) is 5.78 Å². The predicted octanol–water partition coefficient (Wildman–Crippen LogP) is 2.74. The van der Waals surface area contributed by atoms with Crippen LogP contribution in [-0.2, 0) is 0 Å². The standard InChI is InChI=1S/C13H15NO2/c1-3-13(2,14)12(15)11-8-9-6-4-5-7-10(9)16-11/h4-8H,3,14H2,1-2H3. The van der Waals surface area contributed by atoms with Crippen LogP contribution >= 0.6 is 0 Å². The van der Waals surface area contributed by atoms with E-state index in [4.69, 9.17) is 10.2 Å². The number of rotatable bonds is 3. The van der Waals surface area contributed by atoms with Crippen molar-refractivity contribution in [1.82, 2.24) is 0 Å². The molecular formula is C13H15NO2. The molecule has 0 bridgehead atoms. The van der Waals surface area contributed by atoms with Crippen LogP contribution in [0, 0.1) is 0 Å². The Bertz CT molecular complexity index is 492. The SMILES string of the molecule is CCC(C)(N)C(=O)c1cc2ccccc2o1. The van der Waals surface area contributed by atoms with Crippen molar-refractivity contribution in [2.45, 2.75) is 25.8 Å². The van der Waals surface area contributed by atoms with Gasteiger partial charge in [-0.2, -0.15) is 0 Å². The fraction of sp³-hybridized carbons (Fsp3) is 0.308. The third-order valence-corrected chi connectivity index (χ3v) is 2.90. The molecule has 0 aliphatic rings. The van der Waals surface area contributed by atoms with Gasteiger partial charge in [0.25, 0.3) is 0 Å². The summed E-state index contributed by atoms with van der Waals surface area (Å²) >= 11 is 0. The van der Waals surface area contributed by atoms with Crippen LogP contribution in [0.3, 0.4) is 0 Å². The molecule has 84 valence electrons. The lowest BCUT2D eigenvalue weighted by atomic mass is 9.93. The highest BCUT2D eigenvalue weighted by atomic mass is 16.3. The quantitative estimate of drug-likeness (QED) is 0.804. The zero-order chi connectivity index (χ0) is 11.8. The molecule has 2 rings (SSSR count). The molecule has 0 fully saturated rings. The molecule has 0 spiro atoms. The van der Waals surface area contributed by atoms with Crippen molar-refractivity contribution in [2.24, 2.45) is 5.73 Å². The first kappa shape index (κ1) is 10.9. The molecule has 16 heavy (non-hydrogen) atoms. The van der Waals surface area contributed by atoms with Gasteiger partial charge in [-0.15, -0.1) is 0 Å². The monoisotopic (exact) mass is 217 g/mol. The summed E-state index contributed by atoms with van der Waals surface area (Å²) in [6.07, 6.45) is 0.586. The summed E-state index contributed by atoms with van der Waals surface area (Å²) in [7, 11) is 0. The van der Waals surface area contributed by atoms with Gasteiger partial charge in [-0.1, -0.05) is 25.1 Å². The Labute approximate surface area is 94.2 Å². The van der Waals surface area contributed by atoms with Crippen molar-refractivity contribution in [3.8, 4) is 0 Å². The Morgan fingerprint density at radius 3 is 2.75 bits per heavy atom. The molecule has 0 saturated carbocycles. The summed E-state index contributed by atoms with van der Waals surface area (Å²) < 4.78 is 5.49. The van der Waals surface area contributed by atoms with Gasteiger partial charge in [0.1, 0.15) is 5.58 Å². The fourth-order valence-corrected chi connectivity index (χ4v) is 1.54. The molecule has 1 aromatic carbocycles. The molecule has 2 N–H and O–H groups in total. The maximum Gasteiger partial charge on any atom is 0.217 e. The van der Waals surface area contributed by atoms with Crippen LogP contribution in [0.1, 0.15) is 30.8 Å². The van der Waals surface area contributed by atoms with Gasteiger partial charge in [0.15, 0.2) is 5.76 Å². The van der Waals surface area contributed by atoms with E-state index in [1.165, 1.54) is 0 Å². The van der Waals surface area contributed by atoms with Gasteiger partial charge in [-0.25, -0.2) is 0 Å². The Morgan fingerprint density at radius 2 is 2.12 bits per heavy atom. The molecule has 2 aromatic rings. The lowest BCUT2D eigenvalue weighted by Gasteiger charge is -2.18. The summed E-state index contributed by atoms with van der Waals surface area (Å²) in [5, 5.41) is 0.928. The zero-order valence-corrected chi connectivity index (χ0v) is 9.49. The maximum absolute atomic E-state index is 12.0. The molecule has 3 heteroatoms. The summed E-state index contributed by atoms with van der Waals surface area (Å²) in [6, 6.07) is 9.29. The average molecular weight is 217 g/mol. The fourth-order valence-electron chi connectivity index (χ4n) is 1.54. The van der Waals surface area contributed by atoms with Crippen LogP contribution in [0.25, 0.3) is 11.0 Å². The number of para-hydroxylation sites is 1. The summed E-state index contributed by atoms with van der Waals surface area (Å²) in [5.74, 6) is 0.194. The minimum Gasteiger partial charge on any atom is -0.453 e. The van der Waals surface area contributed by atoms with E-state index in [0.717, 1.165) is 11.0 Å². The lowest BCUT2D eigenvalue weighted by Crippen LogP contribution is -2.44. The molecule has 0 saturated heterocycles.